The van der Waals surface area contributed by atoms with Gasteiger partial charge in [-0.2, -0.15) is 13.2 Å². The summed E-state index contributed by atoms with van der Waals surface area (Å²) in [5, 5.41) is 4.41. The maximum atomic E-state index is 13.3. The minimum Gasteiger partial charge on any atom is -0.497 e. The summed E-state index contributed by atoms with van der Waals surface area (Å²) in [6.07, 6.45) is -4.65. The first kappa shape index (κ1) is 21.2. The van der Waals surface area contributed by atoms with Crippen LogP contribution in [0.15, 0.2) is 42.5 Å². The lowest BCUT2D eigenvalue weighted by molar-refractivity contribution is -0.137. The lowest BCUT2D eigenvalue weighted by Gasteiger charge is -2.26. The van der Waals surface area contributed by atoms with Crippen molar-refractivity contribution in [3.63, 3.8) is 0 Å². The number of alkyl halides is 3. The van der Waals surface area contributed by atoms with E-state index in [4.69, 9.17) is 4.74 Å². The molecule has 1 saturated heterocycles. The zero-order valence-electron chi connectivity index (χ0n) is 16.7. The van der Waals surface area contributed by atoms with Crippen LogP contribution in [0.1, 0.15) is 27.0 Å². The lowest BCUT2D eigenvalue weighted by atomic mass is 9.98. The minimum atomic E-state index is -4.65. The number of methoxy groups -OCH3 is 1. The summed E-state index contributed by atoms with van der Waals surface area (Å²) in [4.78, 5) is 38.6. The number of carbonyl (C=O) groups is 3. The molecule has 0 unspecified atom stereocenters. The second-order valence-electron chi connectivity index (χ2n) is 7.29. The van der Waals surface area contributed by atoms with Crippen LogP contribution in [0.25, 0.3) is 0 Å². The van der Waals surface area contributed by atoms with Gasteiger partial charge in [0.15, 0.2) is 0 Å². The molecule has 2 heterocycles. The van der Waals surface area contributed by atoms with Gasteiger partial charge < -0.3 is 15.0 Å². The maximum Gasteiger partial charge on any atom is 0.417 e. The van der Waals surface area contributed by atoms with Crippen molar-refractivity contribution in [1.82, 2.24) is 15.5 Å². The molecule has 2 N–H and O–H groups in total. The number of nitrogens with zero attached hydrogens (tertiary/aromatic N) is 1. The number of rotatable bonds is 3. The highest BCUT2D eigenvalue weighted by Gasteiger charge is 2.48. The summed E-state index contributed by atoms with van der Waals surface area (Å²) in [6, 6.07) is 8.75. The van der Waals surface area contributed by atoms with Crippen LogP contribution < -0.4 is 15.4 Å². The molecule has 1 fully saturated rings. The summed E-state index contributed by atoms with van der Waals surface area (Å²) in [5.74, 6) is 4.08. The van der Waals surface area contributed by atoms with E-state index < -0.39 is 35.1 Å². The van der Waals surface area contributed by atoms with E-state index in [9.17, 15) is 27.6 Å². The molecule has 2 aromatic carbocycles. The van der Waals surface area contributed by atoms with Crippen LogP contribution in [0.5, 0.6) is 5.75 Å². The molecule has 0 radical (unpaired) electrons. The highest BCUT2D eigenvalue weighted by molar-refractivity contribution is 6.10. The van der Waals surface area contributed by atoms with Gasteiger partial charge in [0.05, 0.1) is 19.2 Å². The molecule has 0 aromatic heterocycles. The van der Waals surface area contributed by atoms with Crippen molar-refractivity contribution in [3.05, 3.63) is 64.7 Å². The predicted octanol–water partition coefficient (Wildman–Crippen LogP) is 2.30. The van der Waals surface area contributed by atoms with Crippen molar-refractivity contribution < 1.29 is 32.3 Å². The van der Waals surface area contributed by atoms with Crippen molar-refractivity contribution in [2.75, 3.05) is 13.7 Å². The minimum absolute atomic E-state index is 0.143. The van der Waals surface area contributed by atoms with Gasteiger partial charge in [0.2, 0.25) is 5.54 Å². The number of fused-ring (bicyclic) bond motifs is 1. The molecule has 2 aliphatic rings. The second kappa shape index (κ2) is 7.60. The quantitative estimate of drug-likeness (QED) is 0.563. The Kier molecular flexibility index (Phi) is 5.05. The van der Waals surface area contributed by atoms with Crippen LogP contribution in [0.3, 0.4) is 0 Å². The van der Waals surface area contributed by atoms with E-state index in [1.165, 1.54) is 30.2 Å². The number of hydrogen-bond acceptors (Lipinski definition) is 4. The Bertz CT molecular complexity index is 1200. The molecule has 0 bridgehead atoms. The lowest BCUT2D eigenvalue weighted by Crippen LogP contribution is -2.54. The molecular formula is C22H16F3N3O4. The third-order valence-corrected chi connectivity index (χ3v) is 5.21. The summed E-state index contributed by atoms with van der Waals surface area (Å²) in [7, 11) is 1.46. The maximum absolute atomic E-state index is 13.3. The van der Waals surface area contributed by atoms with Gasteiger partial charge in [0, 0.05) is 17.7 Å². The highest BCUT2D eigenvalue weighted by atomic mass is 19.4. The van der Waals surface area contributed by atoms with E-state index in [0.717, 1.165) is 6.07 Å². The molecule has 4 rings (SSSR count). The fourth-order valence-corrected chi connectivity index (χ4v) is 3.63. The highest BCUT2D eigenvalue weighted by Crippen LogP contribution is 2.32. The van der Waals surface area contributed by atoms with Gasteiger partial charge in [-0.05, 0) is 29.8 Å². The molecule has 4 amide bonds. The Balaban J connectivity index is 1.69. The monoisotopic (exact) mass is 443 g/mol. The first-order chi connectivity index (χ1) is 15.1. The van der Waals surface area contributed by atoms with Gasteiger partial charge in [-0.25, -0.2) is 4.79 Å². The number of imide groups is 1. The summed E-state index contributed by atoms with van der Waals surface area (Å²) in [6.45, 7) is -0.203. The van der Waals surface area contributed by atoms with E-state index in [2.05, 4.69) is 17.2 Å². The molecule has 0 aliphatic carbocycles. The predicted molar refractivity (Wildman–Crippen MR) is 105 cm³/mol. The van der Waals surface area contributed by atoms with Gasteiger partial charge in [-0.3, -0.25) is 14.9 Å². The molecule has 0 spiro atoms. The largest absolute Gasteiger partial charge is 0.497 e. The van der Waals surface area contributed by atoms with E-state index in [1.54, 1.807) is 18.2 Å². The Morgan fingerprint density at radius 2 is 1.91 bits per heavy atom. The Morgan fingerprint density at radius 1 is 1.16 bits per heavy atom. The molecule has 0 saturated carbocycles. The fraction of sp³-hybridized carbons (Fsp3) is 0.227. The van der Waals surface area contributed by atoms with Gasteiger partial charge in [0.1, 0.15) is 5.75 Å². The first-order valence-electron chi connectivity index (χ1n) is 9.42. The number of benzene rings is 2. The second-order valence-corrected chi connectivity index (χ2v) is 7.29. The molecule has 2 aliphatic heterocycles. The molecule has 1 atom stereocenters. The van der Waals surface area contributed by atoms with Gasteiger partial charge in [-0.15, -0.1) is 0 Å². The van der Waals surface area contributed by atoms with Crippen molar-refractivity contribution in [3.8, 4) is 17.6 Å². The molecule has 2 aromatic rings. The van der Waals surface area contributed by atoms with Crippen molar-refractivity contribution in [2.45, 2.75) is 18.3 Å². The fourth-order valence-electron chi connectivity index (χ4n) is 3.63. The normalized spacial score (nSPS) is 19.8. The SMILES string of the molecule is COc1ccc2c(c1)C(=O)N(C[C@@]1(C#Cc3ccccc3C(F)(F)F)NC(=O)NC1=O)C2. The van der Waals surface area contributed by atoms with Gasteiger partial charge >= 0.3 is 12.2 Å². The first-order valence-corrected chi connectivity index (χ1v) is 9.42. The summed E-state index contributed by atoms with van der Waals surface area (Å²) in [5.41, 5.74) is -2.17. The standard InChI is InChI=1S/C22H16F3N3O4/c1-32-15-7-6-14-11-28(18(29)16(14)10-15)12-21(19(30)26-20(31)27-21)9-8-13-4-2-3-5-17(13)22(23,24)25/h2-7,10H,11-12H2,1H3,(H2,26,27,30,31)/t21-/m1/s1. The number of carbonyl (C=O) groups excluding carboxylic acids is 3. The number of hydrogen-bond donors (Lipinski definition) is 2. The van der Waals surface area contributed by atoms with Crippen LogP contribution >= 0.6 is 0 Å². The number of ether oxygens (including phenoxy) is 1. The number of nitrogens with one attached hydrogen (secondary N) is 2. The average molecular weight is 443 g/mol. The molecular weight excluding hydrogens is 427 g/mol. The Labute approximate surface area is 180 Å². The van der Waals surface area contributed by atoms with Gasteiger partial charge in [0.25, 0.3) is 11.8 Å². The van der Waals surface area contributed by atoms with E-state index in [-0.39, 0.29) is 18.7 Å². The summed E-state index contributed by atoms with van der Waals surface area (Å²) < 4.78 is 45.0. The van der Waals surface area contributed by atoms with Crippen LogP contribution in [0.2, 0.25) is 0 Å². The number of urea groups is 1. The van der Waals surface area contributed by atoms with Gasteiger partial charge in [-0.1, -0.05) is 30.0 Å². The van der Waals surface area contributed by atoms with Crippen molar-refractivity contribution >= 4 is 17.8 Å². The zero-order valence-corrected chi connectivity index (χ0v) is 16.7. The molecule has 164 valence electrons. The van der Waals surface area contributed by atoms with Crippen molar-refractivity contribution in [1.29, 1.82) is 0 Å². The van der Waals surface area contributed by atoms with E-state index in [1.807, 2.05) is 5.32 Å². The smallest absolute Gasteiger partial charge is 0.417 e. The zero-order chi connectivity index (χ0) is 23.1. The average Bonchev–Trinajstić information content (AvgIpc) is 3.21. The number of amides is 4. The van der Waals surface area contributed by atoms with E-state index in [0.29, 0.717) is 16.9 Å². The van der Waals surface area contributed by atoms with Crippen LogP contribution in [-0.4, -0.2) is 41.9 Å². The van der Waals surface area contributed by atoms with Crippen molar-refractivity contribution in [2.24, 2.45) is 0 Å². The number of halogens is 3. The van der Waals surface area contributed by atoms with Crippen LogP contribution in [0, 0.1) is 11.8 Å². The topological polar surface area (TPSA) is 87.7 Å². The third kappa shape index (κ3) is 3.73. The molecule has 10 heteroatoms. The molecule has 7 nitrogen and oxygen atoms in total. The Hall–Kier alpha value is -4.00. The third-order valence-electron chi connectivity index (χ3n) is 5.21. The Morgan fingerprint density at radius 3 is 2.56 bits per heavy atom. The summed E-state index contributed by atoms with van der Waals surface area (Å²) >= 11 is 0. The van der Waals surface area contributed by atoms with E-state index >= 15 is 0 Å². The van der Waals surface area contributed by atoms with Crippen LogP contribution in [0.4, 0.5) is 18.0 Å². The van der Waals surface area contributed by atoms with Crippen LogP contribution in [-0.2, 0) is 17.5 Å². The molecule has 32 heavy (non-hydrogen) atoms.